The number of esters is 2. The third-order valence-electron chi connectivity index (χ3n) is 7.33. The first-order valence-electron chi connectivity index (χ1n) is 12.3. The lowest BCUT2D eigenvalue weighted by atomic mass is 9.85. The Labute approximate surface area is 212 Å². The van der Waals surface area contributed by atoms with E-state index in [-0.39, 0.29) is 34.5 Å². The SMILES string of the molecule is COC(=O)C1=C(C(=O)OC)C2(OC1=NC1CCCCC1)c1ccccc1-n1c2nc2ccccc2c1=O. The topological polar surface area (TPSA) is 109 Å². The van der Waals surface area contributed by atoms with Gasteiger partial charge in [0.05, 0.1) is 36.9 Å². The highest BCUT2D eigenvalue weighted by Gasteiger charge is 2.61. The van der Waals surface area contributed by atoms with Crippen LogP contribution < -0.4 is 5.56 Å². The second-order valence-corrected chi connectivity index (χ2v) is 9.35. The van der Waals surface area contributed by atoms with E-state index in [1.54, 1.807) is 48.5 Å². The second kappa shape index (κ2) is 8.69. The van der Waals surface area contributed by atoms with Crippen LogP contribution in [0, 0.1) is 0 Å². The maximum atomic E-state index is 13.8. The summed E-state index contributed by atoms with van der Waals surface area (Å²) in [6, 6.07) is 14.0. The first kappa shape index (κ1) is 23.1. The highest BCUT2D eigenvalue weighted by molar-refractivity contribution is 6.24. The lowest BCUT2D eigenvalue weighted by molar-refractivity contribution is -0.139. The molecule has 1 fully saturated rings. The van der Waals surface area contributed by atoms with Crippen LogP contribution in [0.5, 0.6) is 0 Å². The van der Waals surface area contributed by atoms with Crippen molar-refractivity contribution in [3.8, 4) is 5.69 Å². The van der Waals surface area contributed by atoms with Gasteiger partial charge in [0.1, 0.15) is 11.1 Å². The summed E-state index contributed by atoms with van der Waals surface area (Å²) in [5.41, 5.74) is -0.797. The summed E-state index contributed by atoms with van der Waals surface area (Å²) in [7, 11) is 2.47. The Balaban J connectivity index is 1.72. The van der Waals surface area contributed by atoms with Crippen molar-refractivity contribution < 1.29 is 23.8 Å². The zero-order chi connectivity index (χ0) is 25.7. The Morgan fingerprint density at radius 3 is 2.46 bits per heavy atom. The number of rotatable bonds is 3. The predicted molar refractivity (Wildman–Crippen MR) is 135 cm³/mol. The molecule has 1 atom stereocenters. The molecule has 0 bridgehead atoms. The van der Waals surface area contributed by atoms with Crippen LogP contribution in [0.1, 0.15) is 43.5 Å². The van der Waals surface area contributed by atoms with Gasteiger partial charge in [0.2, 0.25) is 11.5 Å². The van der Waals surface area contributed by atoms with Crippen LogP contribution in [-0.4, -0.2) is 47.6 Å². The van der Waals surface area contributed by atoms with E-state index in [1.165, 1.54) is 18.8 Å². The first-order valence-corrected chi connectivity index (χ1v) is 12.3. The molecule has 6 rings (SSSR count). The van der Waals surface area contributed by atoms with E-state index in [0.717, 1.165) is 32.1 Å². The van der Waals surface area contributed by atoms with Gasteiger partial charge in [-0.1, -0.05) is 49.6 Å². The van der Waals surface area contributed by atoms with E-state index in [2.05, 4.69) is 0 Å². The van der Waals surface area contributed by atoms with Gasteiger partial charge in [-0.3, -0.25) is 9.36 Å². The van der Waals surface area contributed by atoms with E-state index in [1.807, 2.05) is 0 Å². The number of carbonyl (C=O) groups is 2. The van der Waals surface area contributed by atoms with Crippen LogP contribution in [-0.2, 0) is 29.4 Å². The molecule has 0 amide bonds. The van der Waals surface area contributed by atoms with Gasteiger partial charge >= 0.3 is 11.9 Å². The molecule has 3 aliphatic rings. The average Bonchev–Trinajstić information content (AvgIpc) is 3.41. The summed E-state index contributed by atoms with van der Waals surface area (Å²) < 4.78 is 18.3. The molecule has 188 valence electrons. The maximum Gasteiger partial charge on any atom is 0.344 e. The van der Waals surface area contributed by atoms with Crippen molar-refractivity contribution in [3.05, 3.63) is 81.4 Å². The number of aliphatic imine (C=N–C) groups is 1. The lowest BCUT2D eigenvalue weighted by Gasteiger charge is -2.26. The number of hydrogen-bond acceptors (Lipinski definition) is 8. The van der Waals surface area contributed by atoms with Crippen LogP contribution >= 0.6 is 0 Å². The molecule has 3 aromatic rings. The molecule has 1 aromatic heterocycles. The molecular weight excluding hydrogens is 474 g/mol. The average molecular weight is 500 g/mol. The lowest BCUT2D eigenvalue weighted by Crippen LogP contribution is -2.36. The maximum absolute atomic E-state index is 13.8. The van der Waals surface area contributed by atoms with Gasteiger partial charge in [-0.05, 0) is 31.0 Å². The molecule has 9 nitrogen and oxygen atoms in total. The molecule has 3 heterocycles. The number of carbonyl (C=O) groups excluding carboxylic acids is 2. The summed E-state index contributed by atoms with van der Waals surface area (Å²) in [4.78, 5) is 50.1. The number of nitrogens with zero attached hydrogens (tertiary/aromatic N) is 3. The summed E-state index contributed by atoms with van der Waals surface area (Å²) in [5.74, 6) is -1.40. The minimum atomic E-state index is -1.72. The monoisotopic (exact) mass is 499 g/mol. The Kier molecular flexibility index (Phi) is 5.43. The van der Waals surface area contributed by atoms with Crippen molar-refractivity contribution in [2.24, 2.45) is 4.99 Å². The highest BCUT2D eigenvalue weighted by Crippen LogP contribution is 2.52. The van der Waals surface area contributed by atoms with Crippen LogP contribution in [0.4, 0.5) is 0 Å². The number of benzene rings is 2. The normalized spacial score (nSPS) is 21.7. The summed E-state index contributed by atoms with van der Waals surface area (Å²) in [6.45, 7) is 0. The zero-order valence-electron chi connectivity index (χ0n) is 20.5. The molecule has 1 saturated carbocycles. The number of hydrogen-bond donors (Lipinski definition) is 0. The Bertz CT molecular complexity index is 1580. The molecular formula is C28H25N3O6. The smallest absolute Gasteiger partial charge is 0.344 e. The van der Waals surface area contributed by atoms with E-state index >= 15 is 0 Å². The fourth-order valence-electron chi connectivity index (χ4n) is 5.66. The molecule has 2 aliphatic heterocycles. The molecule has 0 saturated heterocycles. The van der Waals surface area contributed by atoms with Crippen molar-refractivity contribution >= 4 is 28.7 Å². The Morgan fingerprint density at radius 2 is 1.70 bits per heavy atom. The quantitative estimate of drug-likeness (QED) is 0.509. The van der Waals surface area contributed by atoms with E-state index in [9.17, 15) is 14.4 Å². The van der Waals surface area contributed by atoms with Crippen LogP contribution in [0.25, 0.3) is 16.6 Å². The summed E-state index contributed by atoms with van der Waals surface area (Å²) in [5, 5.41) is 0.420. The fraction of sp³-hybridized carbons (Fsp3) is 0.321. The zero-order valence-corrected chi connectivity index (χ0v) is 20.5. The third-order valence-corrected chi connectivity index (χ3v) is 7.33. The molecule has 2 aromatic carbocycles. The molecule has 1 unspecified atom stereocenters. The van der Waals surface area contributed by atoms with Gasteiger partial charge in [0.15, 0.2) is 5.82 Å². The number of ether oxygens (including phenoxy) is 3. The molecule has 9 heteroatoms. The van der Waals surface area contributed by atoms with Crippen LogP contribution in [0.2, 0.25) is 0 Å². The van der Waals surface area contributed by atoms with E-state index < -0.39 is 17.5 Å². The standard InChI is InChI=1S/C28H25N3O6/c1-35-25(33)21-22(26(34)36-2)28(37-23(21)29-16-10-4-3-5-11-16)18-13-7-9-15-20(18)31-24(32)17-12-6-8-14-19(17)30-27(28)31/h6-9,12-16H,3-5,10-11H2,1-2H3. The van der Waals surface area contributed by atoms with E-state index in [0.29, 0.717) is 22.2 Å². The van der Waals surface area contributed by atoms with Crippen LogP contribution in [0.15, 0.2) is 69.5 Å². The largest absolute Gasteiger partial charge is 0.466 e. The van der Waals surface area contributed by atoms with Gasteiger partial charge in [-0.15, -0.1) is 0 Å². The minimum Gasteiger partial charge on any atom is -0.466 e. The van der Waals surface area contributed by atoms with Crippen molar-refractivity contribution in [1.82, 2.24) is 9.55 Å². The van der Waals surface area contributed by atoms with Gasteiger partial charge in [0.25, 0.3) is 5.56 Å². The molecule has 37 heavy (non-hydrogen) atoms. The second-order valence-electron chi connectivity index (χ2n) is 9.35. The molecule has 0 N–H and O–H groups in total. The van der Waals surface area contributed by atoms with Crippen molar-refractivity contribution in [3.63, 3.8) is 0 Å². The van der Waals surface area contributed by atoms with Crippen molar-refractivity contribution in [2.75, 3.05) is 14.2 Å². The number of aromatic nitrogens is 2. The number of para-hydroxylation sites is 2. The number of fused-ring (bicyclic) bond motifs is 6. The Morgan fingerprint density at radius 1 is 1.00 bits per heavy atom. The summed E-state index contributed by atoms with van der Waals surface area (Å²) in [6.07, 6.45) is 4.85. The van der Waals surface area contributed by atoms with Crippen molar-refractivity contribution in [1.29, 1.82) is 0 Å². The van der Waals surface area contributed by atoms with Gasteiger partial charge in [0, 0.05) is 5.56 Å². The van der Waals surface area contributed by atoms with E-state index in [4.69, 9.17) is 24.2 Å². The van der Waals surface area contributed by atoms with Gasteiger partial charge < -0.3 is 14.2 Å². The number of methoxy groups -OCH3 is 2. The molecule has 0 radical (unpaired) electrons. The third kappa shape index (κ3) is 3.26. The van der Waals surface area contributed by atoms with Crippen LogP contribution in [0.3, 0.4) is 0 Å². The van der Waals surface area contributed by atoms with Crippen molar-refractivity contribution in [2.45, 2.75) is 43.7 Å². The molecule has 1 aliphatic carbocycles. The van der Waals surface area contributed by atoms with Gasteiger partial charge in [-0.25, -0.2) is 19.6 Å². The highest BCUT2D eigenvalue weighted by atomic mass is 16.6. The Hall–Kier alpha value is -4.27. The molecule has 1 spiro atoms. The first-order chi connectivity index (χ1) is 18.0. The summed E-state index contributed by atoms with van der Waals surface area (Å²) >= 11 is 0. The van der Waals surface area contributed by atoms with Gasteiger partial charge in [-0.2, -0.15) is 0 Å². The fourth-order valence-corrected chi connectivity index (χ4v) is 5.66. The minimum absolute atomic E-state index is 0.00445. The predicted octanol–water partition coefficient (Wildman–Crippen LogP) is 3.35.